The lowest BCUT2D eigenvalue weighted by atomic mass is 10.1. The van der Waals surface area contributed by atoms with E-state index in [1.807, 2.05) is 72.4 Å². The summed E-state index contributed by atoms with van der Waals surface area (Å²) in [4.78, 5) is 17.1. The van der Waals surface area contributed by atoms with E-state index in [0.717, 1.165) is 28.2 Å². The van der Waals surface area contributed by atoms with Crippen molar-refractivity contribution in [2.24, 2.45) is 0 Å². The summed E-state index contributed by atoms with van der Waals surface area (Å²) in [5, 5.41) is 7.16. The number of hydrogen-bond acceptors (Lipinski definition) is 4. The van der Waals surface area contributed by atoms with E-state index in [0.29, 0.717) is 24.5 Å². The summed E-state index contributed by atoms with van der Waals surface area (Å²) in [5.74, 6) is 0.558. The number of carbonyl (C=O) groups is 1. The first kappa shape index (κ1) is 20.5. The topological polar surface area (TPSA) is 73.5 Å². The number of aryl methyl sites for hydroxylation is 1. The van der Waals surface area contributed by atoms with Crippen molar-refractivity contribution in [3.8, 4) is 11.4 Å². The average Bonchev–Trinajstić information content (AvgIpc) is 3.53. The lowest BCUT2D eigenvalue weighted by Crippen LogP contribution is -2.22. The first-order chi connectivity index (χ1) is 16.2. The number of amides is 1. The first-order valence-electron chi connectivity index (χ1n) is 10.7. The Labute approximate surface area is 191 Å². The van der Waals surface area contributed by atoms with Crippen LogP contribution in [0, 0.1) is 6.92 Å². The molecule has 7 nitrogen and oxygen atoms in total. The number of nitrogens with zero attached hydrogens (tertiary/aromatic N) is 4. The maximum Gasteiger partial charge on any atom is 0.251 e. The minimum atomic E-state index is -0.131. The standard InChI is InChI=1S/C26H23N5O2/c1-19-4-2-14-30-17-22(29-25(19)30)18-33-24-11-7-21(8-12-24)26(32)27-16-20-5-9-23(10-6-20)31-15-3-13-28-31/h2-15,17H,16,18H2,1H3,(H,27,32). The zero-order valence-electron chi connectivity index (χ0n) is 18.2. The summed E-state index contributed by atoms with van der Waals surface area (Å²) in [6.07, 6.45) is 7.57. The van der Waals surface area contributed by atoms with E-state index >= 15 is 0 Å². The number of rotatable bonds is 7. The third-order valence-electron chi connectivity index (χ3n) is 5.39. The van der Waals surface area contributed by atoms with Gasteiger partial charge in [0.25, 0.3) is 5.91 Å². The first-order valence-corrected chi connectivity index (χ1v) is 10.7. The number of carbonyl (C=O) groups excluding carboxylic acids is 1. The van der Waals surface area contributed by atoms with Gasteiger partial charge in [-0.1, -0.05) is 18.2 Å². The number of aromatic nitrogens is 4. The van der Waals surface area contributed by atoms with Crippen LogP contribution in [0.4, 0.5) is 0 Å². The van der Waals surface area contributed by atoms with Crippen LogP contribution in [-0.2, 0) is 13.2 Å². The zero-order valence-corrected chi connectivity index (χ0v) is 18.2. The molecular formula is C26H23N5O2. The molecule has 33 heavy (non-hydrogen) atoms. The number of ether oxygens (including phenoxy) is 1. The fourth-order valence-corrected chi connectivity index (χ4v) is 3.61. The van der Waals surface area contributed by atoms with Gasteiger partial charge in [0.1, 0.15) is 18.0 Å². The largest absolute Gasteiger partial charge is 0.487 e. The third kappa shape index (κ3) is 4.62. The van der Waals surface area contributed by atoms with Gasteiger partial charge in [0.15, 0.2) is 0 Å². The Balaban J connectivity index is 1.15. The number of imidazole rings is 1. The summed E-state index contributed by atoms with van der Waals surface area (Å²) in [6.45, 7) is 2.85. The minimum Gasteiger partial charge on any atom is -0.487 e. The molecule has 0 unspecified atom stereocenters. The van der Waals surface area contributed by atoms with E-state index in [1.165, 1.54) is 0 Å². The van der Waals surface area contributed by atoms with E-state index < -0.39 is 0 Å². The molecule has 0 aliphatic carbocycles. The summed E-state index contributed by atoms with van der Waals surface area (Å²) < 4.78 is 9.64. The Morgan fingerprint density at radius 3 is 2.55 bits per heavy atom. The Kier molecular flexibility index (Phi) is 5.59. The molecule has 3 heterocycles. The summed E-state index contributed by atoms with van der Waals surface area (Å²) in [5.41, 5.74) is 5.47. The van der Waals surface area contributed by atoms with Gasteiger partial charge in [-0.05, 0) is 66.6 Å². The fraction of sp³-hybridized carbons (Fsp3) is 0.115. The monoisotopic (exact) mass is 437 g/mol. The Morgan fingerprint density at radius 1 is 1.00 bits per heavy atom. The molecule has 1 amide bonds. The van der Waals surface area contributed by atoms with Gasteiger partial charge in [0, 0.05) is 36.9 Å². The van der Waals surface area contributed by atoms with Crippen LogP contribution >= 0.6 is 0 Å². The van der Waals surface area contributed by atoms with Crippen LogP contribution in [0.2, 0.25) is 0 Å². The molecule has 3 aromatic heterocycles. The maximum absolute atomic E-state index is 12.5. The highest BCUT2D eigenvalue weighted by Gasteiger charge is 2.08. The number of fused-ring (bicyclic) bond motifs is 1. The molecule has 0 radical (unpaired) electrons. The number of pyridine rings is 1. The molecule has 0 bridgehead atoms. The second-order valence-electron chi connectivity index (χ2n) is 7.77. The second kappa shape index (κ2) is 9.00. The molecular weight excluding hydrogens is 414 g/mol. The predicted octanol–water partition coefficient (Wildman–Crippen LogP) is 4.34. The van der Waals surface area contributed by atoms with Crippen molar-refractivity contribution in [1.29, 1.82) is 0 Å². The van der Waals surface area contributed by atoms with Crippen molar-refractivity contribution >= 4 is 11.6 Å². The van der Waals surface area contributed by atoms with Crippen molar-refractivity contribution in [3.05, 3.63) is 114 Å². The van der Waals surface area contributed by atoms with Gasteiger partial charge in [0.2, 0.25) is 0 Å². The van der Waals surface area contributed by atoms with Crippen molar-refractivity contribution in [3.63, 3.8) is 0 Å². The molecule has 0 aliphatic heterocycles. The average molecular weight is 438 g/mol. The summed E-state index contributed by atoms with van der Waals surface area (Å²) in [7, 11) is 0. The highest BCUT2D eigenvalue weighted by molar-refractivity contribution is 5.94. The van der Waals surface area contributed by atoms with Gasteiger partial charge in [-0.15, -0.1) is 0 Å². The van der Waals surface area contributed by atoms with Crippen LogP contribution in [-0.4, -0.2) is 25.1 Å². The zero-order chi connectivity index (χ0) is 22.6. The lowest BCUT2D eigenvalue weighted by Gasteiger charge is -2.08. The van der Waals surface area contributed by atoms with Crippen molar-refractivity contribution < 1.29 is 9.53 Å². The molecule has 5 rings (SSSR count). The highest BCUT2D eigenvalue weighted by atomic mass is 16.5. The van der Waals surface area contributed by atoms with Crippen LogP contribution in [0.5, 0.6) is 5.75 Å². The number of benzene rings is 2. The van der Waals surface area contributed by atoms with Crippen LogP contribution in [0.25, 0.3) is 11.3 Å². The molecule has 0 saturated heterocycles. The van der Waals surface area contributed by atoms with E-state index in [4.69, 9.17) is 4.74 Å². The molecule has 0 atom stereocenters. The Bertz CT molecular complexity index is 1370. The minimum absolute atomic E-state index is 0.131. The van der Waals surface area contributed by atoms with E-state index in [1.54, 1.807) is 35.1 Å². The van der Waals surface area contributed by atoms with Gasteiger partial charge in [-0.2, -0.15) is 5.10 Å². The molecule has 5 aromatic rings. The molecule has 0 fully saturated rings. The summed E-state index contributed by atoms with van der Waals surface area (Å²) >= 11 is 0. The molecule has 2 aromatic carbocycles. The quantitative estimate of drug-likeness (QED) is 0.411. The number of hydrogen-bond donors (Lipinski definition) is 1. The molecule has 0 aliphatic rings. The van der Waals surface area contributed by atoms with Gasteiger partial charge in [-0.25, -0.2) is 9.67 Å². The van der Waals surface area contributed by atoms with Crippen LogP contribution in [0.3, 0.4) is 0 Å². The van der Waals surface area contributed by atoms with E-state index in [2.05, 4.69) is 15.4 Å². The van der Waals surface area contributed by atoms with Gasteiger partial charge >= 0.3 is 0 Å². The molecule has 0 saturated carbocycles. The van der Waals surface area contributed by atoms with E-state index in [-0.39, 0.29) is 5.91 Å². The second-order valence-corrected chi connectivity index (χ2v) is 7.77. The Morgan fingerprint density at radius 2 is 1.82 bits per heavy atom. The number of nitrogens with one attached hydrogen (secondary N) is 1. The van der Waals surface area contributed by atoms with Crippen LogP contribution in [0.15, 0.2) is 91.5 Å². The van der Waals surface area contributed by atoms with E-state index in [9.17, 15) is 4.79 Å². The smallest absolute Gasteiger partial charge is 0.251 e. The molecule has 0 spiro atoms. The summed E-state index contributed by atoms with van der Waals surface area (Å²) in [6, 6.07) is 21.0. The van der Waals surface area contributed by atoms with Crippen LogP contribution in [0.1, 0.15) is 27.2 Å². The van der Waals surface area contributed by atoms with Crippen LogP contribution < -0.4 is 10.1 Å². The molecule has 1 N–H and O–H groups in total. The maximum atomic E-state index is 12.5. The Hall–Kier alpha value is -4.39. The fourth-order valence-electron chi connectivity index (χ4n) is 3.61. The third-order valence-corrected chi connectivity index (χ3v) is 5.39. The molecule has 164 valence electrons. The van der Waals surface area contributed by atoms with Gasteiger partial charge < -0.3 is 14.5 Å². The van der Waals surface area contributed by atoms with Crippen molar-refractivity contribution in [1.82, 2.24) is 24.5 Å². The normalized spacial score (nSPS) is 10.9. The SMILES string of the molecule is Cc1cccn2cc(COc3ccc(C(=O)NCc4ccc(-n5cccn5)cc4)cc3)nc12. The van der Waals surface area contributed by atoms with Crippen molar-refractivity contribution in [2.45, 2.75) is 20.1 Å². The van der Waals surface area contributed by atoms with Gasteiger partial charge in [0.05, 0.1) is 11.4 Å². The lowest BCUT2D eigenvalue weighted by molar-refractivity contribution is 0.0951. The highest BCUT2D eigenvalue weighted by Crippen LogP contribution is 2.16. The van der Waals surface area contributed by atoms with Crippen molar-refractivity contribution in [2.75, 3.05) is 0 Å². The molecule has 7 heteroatoms. The predicted molar refractivity (Wildman–Crippen MR) is 125 cm³/mol. The van der Waals surface area contributed by atoms with Gasteiger partial charge in [-0.3, -0.25) is 4.79 Å².